The number of rotatable bonds is 15. The summed E-state index contributed by atoms with van der Waals surface area (Å²) in [6.07, 6.45) is 1.49. The zero-order valence-corrected chi connectivity index (χ0v) is 14.5. The highest BCUT2D eigenvalue weighted by atomic mass is 17.1. The average Bonchev–Trinajstić information content (AvgIpc) is 2.47. The zero-order valence-electron chi connectivity index (χ0n) is 14.5. The lowest BCUT2D eigenvalue weighted by atomic mass is 10.2. The van der Waals surface area contributed by atoms with Crippen LogP contribution in [0.15, 0.2) is 0 Å². The molecule has 0 amide bonds. The van der Waals surface area contributed by atoms with Crippen LogP contribution in [0.3, 0.4) is 0 Å². The first kappa shape index (κ1) is 22.2. The van der Waals surface area contributed by atoms with Gasteiger partial charge in [-0.1, -0.05) is 0 Å². The van der Waals surface area contributed by atoms with Crippen LogP contribution >= 0.6 is 0 Å². The SMILES string of the molecule is NCCCC[C@H](N(CCN(CC(=O)O)CC(=O)O)CC(=O)O)N1OCO1. The maximum atomic E-state index is 11.2. The minimum absolute atomic E-state index is 0.0626. The van der Waals surface area contributed by atoms with Crippen molar-refractivity contribution in [2.45, 2.75) is 25.4 Å². The summed E-state index contributed by atoms with van der Waals surface area (Å²) in [6, 6.07) is 0. The molecule has 0 aliphatic carbocycles. The average molecular weight is 378 g/mol. The number of hydroxylamine groups is 2. The molecule has 1 aliphatic heterocycles. The minimum Gasteiger partial charge on any atom is -0.480 e. The molecule has 0 aromatic heterocycles. The van der Waals surface area contributed by atoms with E-state index in [1.165, 1.54) is 10.1 Å². The van der Waals surface area contributed by atoms with Crippen LogP contribution in [0, 0.1) is 0 Å². The highest BCUT2D eigenvalue weighted by Crippen LogP contribution is 2.19. The van der Waals surface area contributed by atoms with Gasteiger partial charge in [0.25, 0.3) is 0 Å². The third-order valence-electron chi connectivity index (χ3n) is 3.70. The molecule has 1 atom stereocenters. The Morgan fingerprint density at radius 1 is 0.962 bits per heavy atom. The molecule has 0 spiro atoms. The van der Waals surface area contributed by atoms with Gasteiger partial charge in [-0.25, -0.2) is 9.68 Å². The summed E-state index contributed by atoms with van der Waals surface area (Å²) >= 11 is 0. The van der Waals surface area contributed by atoms with Gasteiger partial charge >= 0.3 is 17.9 Å². The van der Waals surface area contributed by atoms with E-state index >= 15 is 0 Å². The largest absolute Gasteiger partial charge is 0.480 e. The highest BCUT2D eigenvalue weighted by molar-refractivity contribution is 5.72. The second-order valence-corrected chi connectivity index (χ2v) is 5.79. The van der Waals surface area contributed by atoms with Crippen LogP contribution in [0.5, 0.6) is 0 Å². The number of hydrogen-bond donors (Lipinski definition) is 4. The molecule has 0 aromatic carbocycles. The molecule has 1 rings (SSSR count). The normalized spacial score (nSPS) is 15.8. The van der Waals surface area contributed by atoms with Crippen molar-refractivity contribution in [3.63, 3.8) is 0 Å². The predicted octanol–water partition coefficient (Wildman–Crippen LogP) is -1.56. The van der Waals surface area contributed by atoms with Crippen LogP contribution in [-0.2, 0) is 24.1 Å². The van der Waals surface area contributed by atoms with Gasteiger partial charge in [-0.2, -0.15) is 0 Å². The van der Waals surface area contributed by atoms with Crippen molar-refractivity contribution in [2.24, 2.45) is 5.73 Å². The number of unbranched alkanes of at least 4 members (excludes halogenated alkanes) is 1. The molecule has 1 heterocycles. The molecule has 12 heteroatoms. The fourth-order valence-electron chi connectivity index (χ4n) is 2.55. The van der Waals surface area contributed by atoms with Gasteiger partial charge in [-0.3, -0.25) is 24.2 Å². The third kappa shape index (κ3) is 8.51. The van der Waals surface area contributed by atoms with Crippen molar-refractivity contribution in [3.05, 3.63) is 0 Å². The van der Waals surface area contributed by atoms with E-state index in [-0.39, 0.29) is 26.4 Å². The summed E-state index contributed by atoms with van der Waals surface area (Å²) < 4.78 is 0. The maximum absolute atomic E-state index is 11.2. The Morgan fingerprint density at radius 3 is 1.96 bits per heavy atom. The summed E-state index contributed by atoms with van der Waals surface area (Å²) in [4.78, 5) is 46.1. The van der Waals surface area contributed by atoms with Crippen LogP contribution in [0.1, 0.15) is 19.3 Å². The number of nitrogens with zero attached hydrogens (tertiary/aromatic N) is 3. The monoisotopic (exact) mass is 378 g/mol. The van der Waals surface area contributed by atoms with Crippen LogP contribution < -0.4 is 5.73 Å². The van der Waals surface area contributed by atoms with Crippen LogP contribution in [0.25, 0.3) is 0 Å². The smallest absolute Gasteiger partial charge is 0.317 e. The summed E-state index contributed by atoms with van der Waals surface area (Å²) in [5.74, 6) is -3.40. The van der Waals surface area contributed by atoms with Gasteiger partial charge in [0, 0.05) is 13.1 Å². The molecule has 0 aromatic rings. The number of carboxylic acid groups (broad SMARTS) is 3. The van der Waals surface area contributed by atoms with Crippen molar-refractivity contribution in [1.29, 1.82) is 0 Å². The molecule has 0 saturated carbocycles. The van der Waals surface area contributed by atoms with E-state index in [1.54, 1.807) is 4.90 Å². The predicted molar refractivity (Wildman–Crippen MR) is 86.5 cm³/mol. The van der Waals surface area contributed by atoms with Gasteiger partial charge in [0.15, 0.2) is 6.79 Å². The molecule has 1 aliphatic rings. The second kappa shape index (κ2) is 11.7. The van der Waals surface area contributed by atoms with Crippen LogP contribution in [0.4, 0.5) is 0 Å². The molecule has 0 radical (unpaired) electrons. The number of aliphatic carboxylic acids is 3. The lowest BCUT2D eigenvalue weighted by molar-refractivity contribution is -0.544. The molecule has 26 heavy (non-hydrogen) atoms. The Bertz CT molecular complexity index is 458. The number of carbonyl (C=O) groups is 3. The molecule has 5 N–H and O–H groups in total. The fraction of sp³-hybridized carbons (Fsp3) is 0.786. The van der Waals surface area contributed by atoms with E-state index in [4.69, 9.17) is 30.7 Å². The van der Waals surface area contributed by atoms with E-state index in [1.807, 2.05) is 0 Å². The van der Waals surface area contributed by atoms with Gasteiger partial charge in [0.05, 0.1) is 19.6 Å². The van der Waals surface area contributed by atoms with E-state index in [2.05, 4.69) is 0 Å². The van der Waals surface area contributed by atoms with Crippen molar-refractivity contribution in [3.8, 4) is 0 Å². The van der Waals surface area contributed by atoms with Crippen LogP contribution in [-0.4, -0.2) is 100 Å². The minimum atomic E-state index is -1.16. The number of hydrogen-bond acceptors (Lipinski definition) is 9. The van der Waals surface area contributed by atoms with E-state index < -0.39 is 37.2 Å². The lowest BCUT2D eigenvalue weighted by Crippen LogP contribution is -2.56. The summed E-state index contributed by atoms with van der Waals surface area (Å²) in [7, 11) is 0. The molecule has 12 nitrogen and oxygen atoms in total. The van der Waals surface area contributed by atoms with Gasteiger partial charge in [-0.15, -0.1) is 0 Å². The third-order valence-corrected chi connectivity index (χ3v) is 3.70. The first-order valence-electron chi connectivity index (χ1n) is 8.20. The Morgan fingerprint density at radius 2 is 1.54 bits per heavy atom. The van der Waals surface area contributed by atoms with Gasteiger partial charge in [-0.05, 0) is 31.0 Å². The maximum Gasteiger partial charge on any atom is 0.317 e. The van der Waals surface area contributed by atoms with Gasteiger partial charge < -0.3 is 21.1 Å². The van der Waals surface area contributed by atoms with E-state index in [0.29, 0.717) is 19.4 Å². The Balaban J connectivity index is 2.75. The lowest BCUT2D eigenvalue weighted by Gasteiger charge is -2.41. The molecule has 1 fully saturated rings. The Labute approximate surface area is 150 Å². The molecule has 1 saturated heterocycles. The standard InChI is InChI=1S/C14H26N4O8/c15-4-2-1-3-11(18-25-10-26-18)17(9-14(23)24)6-5-16(7-12(19)20)8-13(21)22/h11H,1-10,15H2,(H,19,20)(H,21,22)(H,23,24)/t11-/m1/s1. The first-order valence-corrected chi connectivity index (χ1v) is 8.20. The van der Waals surface area contributed by atoms with E-state index in [0.717, 1.165) is 6.42 Å². The number of nitrogens with two attached hydrogens (primary N) is 1. The molecule has 0 unspecified atom stereocenters. The van der Waals surface area contributed by atoms with Crippen molar-refractivity contribution >= 4 is 17.9 Å². The van der Waals surface area contributed by atoms with Gasteiger partial charge in [0.1, 0.15) is 6.17 Å². The Hall–Kier alpha value is -1.83. The van der Waals surface area contributed by atoms with Gasteiger partial charge in [0.2, 0.25) is 0 Å². The van der Waals surface area contributed by atoms with Crippen molar-refractivity contribution in [2.75, 3.05) is 46.1 Å². The molecule has 0 bridgehead atoms. The van der Waals surface area contributed by atoms with E-state index in [9.17, 15) is 14.4 Å². The molecular formula is C14H26N4O8. The highest BCUT2D eigenvalue weighted by Gasteiger charge is 2.33. The van der Waals surface area contributed by atoms with Crippen molar-refractivity contribution in [1.82, 2.24) is 15.0 Å². The first-order chi connectivity index (χ1) is 12.3. The molecular weight excluding hydrogens is 352 g/mol. The Kier molecular flexibility index (Phi) is 10.0. The second-order valence-electron chi connectivity index (χ2n) is 5.79. The fourth-order valence-corrected chi connectivity index (χ4v) is 2.55. The topological polar surface area (TPSA) is 166 Å². The zero-order chi connectivity index (χ0) is 19.5. The van der Waals surface area contributed by atoms with Crippen LogP contribution in [0.2, 0.25) is 0 Å². The summed E-state index contributed by atoms with van der Waals surface area (Å²) in [5.41, 5.74) is 5.48. The number of carboxylic acids is 3. The summed E-state index contributed by atoms with van der Waals surface area (Å²) in [5, 5.41) is 28.2. The molecule has 150 valence electrons. The summed E-state index contributed by atoms with van der Waals surface area (Å²) in [6.45, 7) is -0.485. The van der Waals surface area contributed by atoms with Crippen molar-refractivity contribution < 1.29 is 39.4 Å². The quantitative estimate of drug-likeness (QED) is 0.242.